The van der Waals surface area contributed by atoms with Crippen molar-refractivity contribution < 1.29 is 14.3 Å². The summed E-state index contributed by atoms with van der Waals surface area (Å²) >= 11 is 1.40. The molecule has 1 unspecified atom stereocenters. The zero-order chi connectivity index (χ0) is 21.1. The van der Waals surface area contributed by atoms with E-state index in [1.165, 1.54) is 11.3 Å². The molecular formula is C22H22N4O3S. The van der Waals surface area contributed by atoms with Crippen molar-refractivity contribution in [3.8, 4) is 0 Å². The zero-order valence-electron chi connectivity index (χ0n) is 16.7. The molecule has 0 spiro atoms. The summed E-state index contributed by atoms with van der Waals surface area (Å²) < 4.78 is 5.99. The number of nitrogens with zero attached hydrogens (tertiary/aromatic N) is 1. The molecule has 0 aliphatic heterocycles. The van der Waals surface area contributed by atoms with Crippen molar-refractivity contribution in [1.29, 1.82) is 0 Å². The van der Waals surface area contributed by atoms with Gasteiger partial charge >= 0.3 is 6.09 Å². The molecular weight excluding hydrogens is 400 g/mol. The maximum Gasteiger partial charge on any atom is 0.407 e. The van der Waals surface area contributed by atoms with Crippen LogP contribution in [-0.2, 0) is 16.0 Å². The summed E-state index contributed by atoms with van der Waals surface area (Å²) in [6, 6.07) is 13.0. The normalized spacial score (nSPS) is 12.1. The number of hydrogen-bond acceptors (Lipinski definition) is 5. The number of para-hydroxylation sites is 1. The number of fused-ring (bicyclic) bond motifs is 2. The van der Waals surface area contributed by atoms with E-state index in [0.29, 0.717) is 11.6 Å². The highest BCUT2D eigenvalue weighted by atomic mass is 32.1. The number of rotatable bonds is 6. The number of aromatic nitrogens is 2. The Morgan fingerprint density at radius 3 is 2.90 bits per heavy atom. The average Bonchev–Trinajstić information content (AvgIpc) is 3.31. The van der Waals surface area contributed by atoms with Crippen LogP contribution >= 0.6 is 11.3 Å². The summed E-state index contributed by atoms with van der Waals surface area (Å²) in [7, 11) is 0. The summed E-state index contributed by atoms with van der Waals surface area (Å²) in [5.74, 6) is -0.343. The first-order valence-electron chi connectivity index (χ1n) is 9.70. The molecule has 0 aliphatic carbocycles. The molecule has 2 aromatic carbocycles. The number of hydrogen-bond donors (Lipinski definition) is 3. The first-order chi connectivity index (χ1) is 14.5. The lowest BCUT2D eigenvalue weighted by molar-refractivity contribution is -0.118. The van der Waals surface area contributed by atoms with Gasteiger partial charge in [-0.05, 0) is 43.2 Å². The van der Waals surface area contributed by atoms with Gasteiger partial charge in [0.15, 0.2) is 5.13 Å². The summed E-state index contributed by atoms with van der Waals surface area (Å²) in [5, 5.41) is 7.03. The molecule has 2 heterocycles. The van der Waals surface area contributed by atoms with Crippen molar-refractivity contribution >= 4 is 49.6 Å². The lowest BCUT2D eigenvalue weighted by Gasteiger charge is -2.17. The standard InChI is InChI=1S/C22H22N4O3S/c1-3-29-22(28)25-18(11-14-12-23-16-7-5-4-6-15(14)16)20(27)26-21-24-17-9-8-13(2)10-19(17)30-21/h4-10,12,18,23H,3,11H2,1-2H3,(H,25,28)(H,24,26,27). The number of benzene rings is 2. The Morgan fingerprint density at radius 1 is 1.23 bits per heavy atom. The Balaban J connectivity index is 1.57. The van der Waals surface area contributed by atoms with Crippen LogP contribution in [-0.4, -0.2) is 34.6 Å². The van der Waals surface area contributed by atoms with Gasteiger partial charge in [-0.1, -0.05) is 35.6 Å². The van der Waals surface area contributed by atoms with E-state index in [1.54, 1.807) is 6.92 Å². The Hall–Kier alpha value is -3.39. The summed E-state index contributed by atoms with van der Waals surface area (Å²) in [4.78, 5) is 32.8. The molecule has 0 aliphatic rings. The van der Waals surface area contributed by atoms with Gasteiger partial charge in [0.25, 0.3) is 0 Å². The third-order valence-corrected chi connectivity index (χ3v) is 5.69. The summed E-state index contributed by atoms with van der Waals surface area (Å²) in [5.41, 5.74) is 3.87. The smallest absolute Gasteiger partial charge is 0.407 e. The Bertz CT molecular complexity index is 1210. The Morgan fingerprint density at radius 2 is 2.07 bits per heavy atom. The molecule has 0 radical (unpaired) electrons. The van der Waals surface area contributed by atoms with Gasteiger partial charge in [0, 0.05) is 23.5 Å². The average molecular weight is 423 g/mol. The lowest BCUT2D eigenvalue weighted by atomic mass is 10.0. The van der Waals surface area contributed by atoms with E-state index in [9.17, 15) is 9.59 Å². The van der Waals surface area contributed by atoms with Crippen LogP contribution in [0.2, 0.25) is 0 Å². The number of H-pyrrole nitrogens is 1. The van der Waals surface area contributed by atoms with E-state index in [0.717, 1.165) is 32.2 Å². The number of carbonyl (C=O) groups is 2. The topological polar surface area (TPSA) is 96.1 Å². The third kappa shape index (κ3) is 4.28. The summed E-state index contributed by atoms with van der Waals surface area (Å²) in [6.45, 7) is 3.96. The number of amides is 2. The van der Waals surface area contributed by atoms with Crippen LogP contribution in [0, 0.1) is 6.92 Å². The molecule has 2 amide bonds. The van der Waals surface area contributed by atoms with Crippen molar-refractivity contribution in [3.05, 3.63) is 59.8 Å². The van der Waals surface area contributed by atoms with Crippen LogP contribution in [0.25, 0.3) is 21.1 Å². The molecule has 0 saturated carbocycles. The first kappa shape index (κ1) is 19.9. The van der Waals surface area contributed by atoms with Crippen LogP contribution in [0.15, 0.2) is 48.7 Å². The highest BCUT2D eigenvalue weighted by molar-refractivity contribution is 7.22. The molecule has 0 saturated heterocycles. The van der Waals surface area contributed by atoms with Crippen LogP contribution in [0.1, 0.15) is 18.1 Å². The number of alkyl carbamates (subject to hydrolysis) is 1. The van der Waals surface area contributed by atoms with E-state index in [4.69, 9.17) is 4.74 Å². The fourth-order valence-corrected chi connectivity index (χ4v) is 4.29. The fraction of sp³-hybridized carbons (Fsp3) is 0.227. The molecule has 2 aromatic heterocycles. The van der Waals surface area contributed by atoms with Crippen molar-refractivity contribution in [1.82, 2.24) is 15.3 Å². The fourth-order valence-electron chi connectivity index (χ4n) is 3.32. The number of thiazole rings is 1. The number of anilines is 1. The quantitative estimate of drug-likeness (QED) is 0.430. The number of carbonyl (C=O) groups excluding carboxylic acids is 2. The largest absolute Gasteiger partial charge is 0.450 e. The van der Waals surface area contributed by atoms with E-state index >= 15 is 0 Å². The van der Waals surface area contributed by atoms with Gasteiger partial charge in [0.2, 0.25) is 5.91 Å². The molecule has 4 aromatic rings. The van der Waals surface area contributed by atoms with Crippen molar-refractivity contribution in [3.63, 3.8) is 0 Å². The molecule has 3 N–H and O–H groups in total. The maximum atomic E-state index is 13.0. The van der Waals surface area contributed by atoms with Gasteiger partial charge in [-0.2, -0.15) is 0 Å². The molecule has 7 nitrogen and oxygen atoms in total. The van der Waals surface area contributed by atoms with Crippen molar-refractivity contribution in [2.24, 2.45) is 0 Å². The molecule has 30 heavy (non-hydrogen) atoms. The van der Waals surface area contributed by atoms with E-state index < -0.39 is 12.1 Å². The number of aromatic amines is 1. The van der Waals surface area contributed by atoms with Crippen LogP contribution in [0.3, 0.4) is 0 Å². The predicted octanol–water partition coefficient (Wildman–Crippen LogP) is 4.38. The van der Waals surface area contributed by atoms with E-state index in [1.807, 2.05) is 55.6 Å². The molecule has 8 heteroatoms. The zero-order valence-corrected chi connectivity index (χ0v) is 17.5. The second-order valence-electron chi connectivity index (χ2n) is 6.96. The highest BCUT2D eigenvalue weighted by Gasteiger charge is 2.24. The van der Waals surface area contributed by atoms with Gasteiger partial charge in [-0.25, -0.2) is 9.78 Å². The second-order valence-corrected chi connectivity index (χ2v) is 7.99. The Kier molecular flexibility index (Phi) is 5.67. The minimum absolute atomic E-state index is 0.227. The van der Waals surface area contributed by atoms with Crippen molar-refractivity contribution in [2.75, 3.05) is 11.9 Å². The van der Waals surface area contributed by atoms with Crippen LogP contribution in [0.5, 0.6) is 0 Å². The maximum absolute atomic E-state index is 13.0. The first-order valence-corrected chi connectivity index (χ1v) is 10.5. The number of nitrogens with one attached hydrogen (secondary N) is 3. The van der Waals surface area contributed by atoms with Crippen LogP contribution < -0.4 is 10.6 Å². The second kappa shape index (κ2) is 8.54. The van der Waals surface area contributed by atoms with Gasteiger partial charge in [-0.15, -0.1) is 0 Å². The predicted molar refractivity (Wildman–Crippen MR) is 119 cm³/mol. The third-order valence-electron chi connectivity index (χ3n) is 4.76. The monoisotopic (exact) mass is 422 g/mol. The minimum Gasteiger partial charge on any atom is -0.450 e. The van der Waals surface area contributed by atoms with E-state index in [-0.39, 0.29) is 12.5 Å². The summed E-state index contributed by atoms with van der Waals surface area (Å²) in [6.07, 6.45) is 1.55. The molecule has 0 fully saturated rings. The Labute approximate surface area is 177 Å². The van der Waals surface area contributed by atoms with Gasteiger partial charge in [-0.3, -0.25) is 4.79 Å². The highest BCUT2D eigenvalue weighted by Crippen LogP contribution is 2.27. The molecule has 0 bridgehead atoms. The number of aryl methyl sites for hydroxylation is 1. The lowest BCUT2D eigenvalue weighted by Crippen LogP contribution is -2.45. The minimum atomic E-state index is -0.808. The van der Waals surface area contributed by atoms with Gasteiger partial charge in [0.1, 0.15) is 6.04 Å². The van der Waals surface area contributed by atoms with Crippen LogP contribution in [0.4, 0.5) is 9.93 Å². The van der Waals surface area contributed by atoms with Gasteiger partial charge < -0.3 is 20.4 Å². The SMILES string of the molecule is CCOC(=O)NC(Cc1c[nH]c2ccccc12)C(=O)Nc1nc2ccc(C)cc2s1. The van der Waals surface area contributed by atoms with E-state index in [2.05, 4.69) is 20.6 Å². The van der Waals surface area contributed by atoms with Crippen molar-refractivity contribution in [2.45, 2.75) is 26.3 Å². The number of ether oxygens (including phenoxy) is 1. The molecule has 1 atom stereocenters. The molecule has 154 valence electrons. The molecule has 4 rings (SSSR count). The van der Waals surface area contributed by atoms with Gasteiger partial charge in [0.05, 0.1) is 16.8 Å².